The molecule has 4 rings (SSSR count). The number of carbonyl (C=O) groups excluding carboxylic acids is 1. The molecule has 1 saturated heterocycles. The number of carbonyl (C=O) groups is 1. The molecule has 164 valence electrons. The first-order chi connectivity index (χ1) is 14.9. The second kappa shape index (κ2) is 9.46. The van der Waals surface area contributed by atoms with E-state index in [4.69, 9.17) is 4.74 Å². The number of amides is 1. The number of rotatable bonds is 8. The van der Waals surface area contributed by atoms with Crippen molar-refractivity contribution in [1.29, 1.82) is 0 Å². The molecule has 0 aliphatic carbocycles. The number of sulfone groups is 1. The quantitative estimate of drug-likeness (QED) is 0.510. The Hall–Kier alpha value is -2.29. The predicted molar refractivity (Wildman–Crippen MR) is 124 cm³/mol. The lowest BCUT2D eigenvalue weighted by atomic mass is 10.2. The molecule has 0 radical (unpaired) electrons. The summed E-state index contributed by atoms with van der Waals surface area (Å²) in [7, 11) is -3.62. The second-order valence-electron chi connectivity index (χ2n) is 7.81. The van der Waals surface area contributed by atoms with Crippen molar-refractivity contribution in [2.24, 2.45) is 0 Å². The SMILES string of the molecule is CCc1ccc2nc(N(CC3CCCO3)C(=O)CS(=O)(=O)Cc3ccccc3)sc2c1. The summed E-state index contributed by atoms with van der Waals surface area (Å²) in [5, 5.41) is 0.527. The summed E-state index contributed by atoms with van der Waals surface area (Å²) < 4.78 is 32.2. The summed E-state index contributed by atoms with van der Waals surface area (Å²) in [5.41, 5.74) is 2.69. The third kappa shape index (κ3) is 5.50. The van der Waals surface area contributed by atoms with Gasteiger partial charge in [0, 0.05) is 6.61 Å². The van der Waals surface area contributed by atoms with Crippen LogP contribution in [-0.4, -0.2) is 44.3 Å². The molecule has 0 saturated carbocycles. The summed E-state index contributed by atoms with van der Waals surface area (Å²) in [6.45, 7) is 3.08. The van der Waals surface area contributed by atoms with E-state index in [0.717, 1.165) is 29.5 Å². The summed E-state index contributed by atoms with van der Waals surface area (Å²) in [6, 6.07) is 15.0. The van der Waals surface area contributed by atoms with Crippen LogP contribution in [0.2, 0.25) is 0 Å². The van der Waals surface area contributed by atoms with Crippen LogP contribution >= 0.6 is 11.3 Å². The van der Waals surface area contributed by atoms with Gasteiger partial charge in [0.05, 0.1) is 28.6 Å². The number of hydrogen-bond acceptors (Lipinski definition) is 6. The summed E-state index contributed by atoms with van der Waals surface area (Å²) in [4.78, 5) is 19.3. The van der Waals surface area contributed by atoms with Crippen LogP contribution < -0.4 is 4.90 Å². The number of aromatic nitrogens is 1. The Morgan fingerprint density at radius 3 is 2.71 bits per heavy atom. The van der Waals surface area contributed by atoms with E-state index in [1.54, 1.807) is 24.3 Å². The van der Waals surface area contributed by atoms with Crippen molar-refractivity contribution in [3.05, 3.63) is 59.7 Å². The summed E-state index contributed by atoms with van der Waals surface area (Å²) in [5.74, 6) is -1.17. The van der Waals surface area contributed by atoms with Crippen LogP contribution in [0.15, 0.2) is 48.5 Å². The van der Waals surface area contributed by atoms with E-state index in [1.165, 1.54) is 21.8 Å². The number of fused-ring (bicyclic) bond motifs is 1. The van der Waals surface area contributed by atoms with E-state index >= 15 is 0 Å². The van der Waals surface area contributed by atoms with E-state index in [1.807, 2.05) is 18.2 Å². The molecule has 1 atom stereocenters. The predicted octanol–water partition coefficient (Wildman–Crippen LogP) is 3.99. The fourth-order valence-electron chi connectivity index (χ4n) is 3.72. The molecule has 1 aromatic heterocycles. The van der Waals surface area contributed by atoms with Crippen LogP contribution in [-0.2, 0) is 31.5 Å². The van der Waals surface area contributed by atoms with Gasteiger partial charge in [-0.1, -0.05) is 54.7 Å². The fourth-order valence-corrected chi connectivity index (χ4v) is 6.11. The molecule has 8 heteroatoms. The first kappa shape index (κ1) is 21.9. The zero-order valence-corrected chi connectivity index (χ0v) is 19.1. The van der Waals surface area contributed by atoms with Gasteiger partial charge in [-0.05, 0) is 42.5 Å². The van der Waals surface area contributed by atoms with Gasteiger partial charge in [0.1, 0.15) is 5.75 Å². The third-order valence-corrected chi connectivity index (χ3v) is 7.87. The summed E-state index contributed by atoms with van der Waals surface area (Å²) >= 11 is 1.42. The molecular formula is C23H26N2O4S2. The van der Waals surface area contributed by atoms with Crippen LogP contribution in [0.5, 0.6) is 0 Å². The topological polar surface area (TPSA) is 76.6 Å². The average molecular weight is 459 g/mol. The van der Waals surface area contributed by atoms with Crippen LogP contribution in [0.4, 0.5) is 5.13 Å². The van der Waals surface area contributed by atoms with E-state index in [9.17, 15) is 13.2 Å². The summed E-state index contributed by atoms with van der Waals surface area (Å²) in [6.07, 6.45) is 2.61. The smallest absolute Gasteiger partial charge is 0.244 e. The fraction of sp³-hybridized carbons (Fsp3) is 0.391. The molecule has 31 heavy (non-hydrogen) atoms. The molecule has 1 unspecified atom stereocenters. The first-order valence-electron chi connectivity index (χ1n) is 10.5. The van der Waals surface area contributed by atoms with Gasteiger partial charge in [-0.15, -0.1) is 0 Å². The molecule has 0 N–H and O–H groups in total. The number of nitrogens with zero attached hydrogens (tertiary/aromatic N) is 2. The Balaban J connectivity index is 1.59. The Morgan fingerprint density at radius 1 is 1.19 bits per heavy atom. The van der Waals surface area contributed by atoms with Crippen LogP contribution in [0.3, 0.4) is 0 Å². The van der Waals surface area contributed by atoms with Gasteiger partial charge in [0.2, 0.25) is 5.91 Å². The number of anilines is 1. The maximum absolute atomic E-state index is 13.2. The van der Waals surface area contributed by atoms with Gasteiger partial charge < -0.3 is 4.74 Å². The highest BCUT2D eigenvalue weighted by Gasteiger charge is 2.29. The average Bonchev–Trinajstić information content (AvgIpc) is 3.40. The van der Waals surface area contributed by atoms with Gasteiger partial charge in [0.15, 0.2) is 15.0 Å². The third-order valence-electron chi connectivity index (χ3n) is 5.36. The minimum atomic E-state index is -3.62. The molecule has 1 aliphatic rings. The molecular weight excluding hydrogens is 432 g/mol. The van der Waals surface area contributed by atoms with Crippen LogP contribution in [0, 0.1) is 0 Å². The second-order valence-corrected chi connectivity index (χ2v) is 10.9. The van der Waals surface area contributed by atoms with Crippen molar-refractivity contribution in [2.45, 2.75) is 38.0 Å². The zero-order chi connectivity index (χ0) is 21.8. The van der Waals surface area contributed by atoms with E-state index in [-0.39, 0.29) is 11.9 Å². The molecule has 0 bridgehead atoms. The van der Waals surface area contributed by atoms with E-state index in [0.29, 0.717) is 23.8 Å². The minimum Gasteiger partial charge on any atom is -0.376 e. The number of thiazole rings is 1. The number of aryl methyl sites for hydroxylation is 1. The normalized spacial score (nSPS) is 16.6. The van der Waals surface area contributed by atoms with Crippen molar-refractivity contribution in [3.8, 4) is 0 Å². The molecule has 3 aromatic rings. The lowest BCUT2D eigenvalue weighted by Gasteiger charge is -2.23. The highest BCUT2D eigenvalue weighted by molar-refractivity contribution is 7.91. The van der Waals surface area contributed by atoms with E-state index < -0.39 is 21.5 Å². The van der Waals surface area contributed by atoms with Gasteiger partial charge >= 0.3 is 0 Å². The lowest BCUT2D eigenvalue weighted by molar-refractivity contribution is -0.116. The standard InChI is InChI=1S/C23H26N2O4S2/c1-2-17-10-11-20-21(13-17)30-23(24-20)25(14-19-9-6-12-29-19)22(26)16-31(27,28)15-18-7-4-3-5-8-18/h3-5,7-8,10-11,13,19H,2,6,9,12,14-16H2,1H3. The highest BCUT2D eigenvalue weighted by Crippen LogP contribution is 2.31. The zero-order valence-electron chi connectivity index (χ0n) is 17.5. The van der Waals surface area contributed by atoms with E-state index in [2.05, 4.69) is 18.0 Å². The first-order valence-corrected chi connectivity index (χ1v) is 13.1. The number of benzene rings is 2. The molecule has 1 amide bonds. The van der Waals surface area contributed by atoms with Gasteiger partial charge in [-0.25, -0.2) is 13.4 Å². The van der Waals surface area contributed by atoms with Crippen molar-refractivity contribution in [3.63, 3.8) is 0 Å². The molecule has 6 nitrogen and oxygen atoms in total. The van der Waals surface area contributed by atoms with Gasteiger partial charge in [-0.2, -0.15) is 0 Å². The molecule has 2 heterocycles. The van der Waals surface area contributed by atoms with Crippen LogP contribution in [0.25, 0.3) is 10.2 Å². The van der Waals surface area contributed by atoms with Gasteiger partial charge in [-0.3, -0.25) is 9.69 Å². The lowest BCUT2D eigenvalue weighted by Crippen LogP contribution is -2.41. The Kier molecular flexibility index (Phi) is 6.69. The van der Waals surface area contributed by atoms with Crippen LogP contribution in [0.1, 0.15) is 30.9 Å². The van der Waals surface area contributed by atoms with Crippen molar-refractivity contribution in [2.75, 3.05) is 23.8 Å². The van der Waals surface area contributed by atoms with Crippen molar-refractivity contribution in [1.82, 2.24) is 4.98 Å². The Morgan fingerprint density at radius 2 is 2.00 bits per heavy atom. The minimum absolute atomic E-state index is 0.0982. The Labute approximate surface area is 186 Å². The maximum atomic E-state index is 13.2. The number of hydrogen-bond donors (Lipinski definition) is 0. The largest absolute Gasteiger partial charge is 0.376 e. The molecule has 1 aliphatic heterocycles. The monoisotopic (exact) mass is 458 g/mol. The highest BCUT2D eigenvalue weighted by atomic mass is 32.2. The van der Waals surface area contributed by atoms with Gasteiger partial charge in [0.25, 0.3) is 0 Å². The maximum Gasteiger partial charge on any atom is 0.244 e. The Bertz CT molecular complexity index is 1150. The van der Waals surface area contributed by atoms with Crippen molar-refractivity contribution >= 4 is 42.4 Å². The number of ether oxygens (including phenoxy) is 1. The molecule has 0 spiro atoms. The molecule has 2 aromatic carbocycles. The van der Waals surface area contributed by atoms with Crippen molar-refractivity contribution < 1.29 is 17.9 Å². The molecule has 1 fully saturated rings.